The van der Waals surface area contributed by atoms with Crippen LogP contribution in [-0.4, -0.2) is 34.6 Å². The van der Waals surface area contributed by atoms with Crippen molar-refractivity contribution in [2.75, 3.05) is 19.7 Å². The van der Waals surface area contributed by atoms with E-state index in [1.54, 1.807) is 0 Å². The molecule has 1 unspecified atom stereocenters. The lowest BCUT2D eigenvalue weighted by Gasteiger charge is -2.31. The number of hydrogen-bond acceptors (Lipinski definition) is 3. The molecule has 0 aromatic carbocycles. The summed E-state index contributed by atoms with van der Waals surface area (Å²) in [5.74, 6) is 0.809. The molecule has 4 heterocycles. The lowest BCUT2D eigenvalue weighted by molar-refractivity contribution is 0.106. The van der Waals surface area contributed by atoms with Crippen molar-refractivity contribution in [1.29, 1.82) is 0 Å². The molecule has 4 nitrogen and oxygen atoms in total. The lowest BCUT2D eigenvalue weighted by atomic mass is 9.99. The summed E-state index contributed by atoms with van der Waals surface area (Å²) in [6, 6.07) is 4.23. The molecule has 2 aromatic heterocycles. The number of fused-ring (bicyclic) bond motifs is 1. The van der Waals surface area contributed by atoms with Crippen LogP contribution < -0.4 is 0 Å². The van der Waals surface area contributed by atoms with Gasteiger partial charge in [-0.15, -0.1) is 12.4 Å². The van der Waals surface area contributed by atoms with Crippen molar-refractivity contribution in [2.45, 2.75) is 45.3 Å². The van der Waals surface area contributed by atoms with Crippen LogP contribution in [0.15, 0.2) is 18.3 Å². The van der Waals surface area contributed by atoms with Gasteiger partial charge < -0.3 is 9.72 Å². The third-order valence-corrected chi connectivity index (χ3v) is 5.09. The van der Waals surface area contributed by atoms with Crippen LogP contribution in [0.5, 0.6) is 0 Å². The number of nitrogens with zero attached hydrogens (tertiary/aromatic N) is 2. The highest BCUT2D eigenvalue weighted by atomic mass is 35.5. The van der Waals surface area contributed by atoms with Crippen LogP contribution in [-0.2, 0) is 11.3 Å². The average Bonchev–Trinajstić information content (AvgIpc) is 3.15. The molecular formula is C18H26ClN3O. The molecule has 2 aromatic rings. The Labute approximate surface area is 144 Å². The topological polar surface area (TPSA) is 41.1 Å². The van der Waals surface area contributed by atoms with Crippen molar-refractivity contribution in [3.05, 3.63) is 29.6 Å². The predicted octanol–water partition coefficient (Wildman–Crippen LogP) is 4.07. The number of ether oxygens (including phenoxy) is 1. The Kier molecular flexibility index (Phi) is 5.24. The highest BCUT2D eigenvalue weighted by Crippen LogP contribution is 2.34. The third kappa shape index (κ3) is 3.39. The van der Waals surface area contributed by atoms with E-state index in [9.17, 15) is 0 Å². The maximum absolute atomic E-state index is 5.94. The molecule has 0 aliphatic carbocycles. The molecular weight excluding hydrogens is 310 g/mol. The molecule has 2 aliphatic rings. The molecule has 2 saturated heterocycles. The number of nitrogens with one attached hydrogen (secondary N) is 1. The maximum atomic E-state index is 5.94. The first kappa shape index (κ1) is 16.7. The number of rotatable bonds is 3. The van der Waals surface area contributed by atoms with Crippen molar-refractivity contribution in [3.8, 4) is 0 Å². The van der Waals surface area contributed by atoms with E-state index in [1.807, 2.05) is 12.3 Å². The summed E-state index contributed by atoms with van der Waals surface area (Å²) < 4.78 is 5.94. The summed E-state index contributed by atoms with van der Waals surface area (Å²) >= 11 is 0. The number of halogens is 1. The van der Waals surface area contributed by atoms with Crippen LogP contribution in [0, 0.1) is 5.92 Å². The van der Waals surface area contributed by atoms with Gasteiger partial charge >= 0.3 is 0 Å². The molecule has 0 amide bonds. The molecule has 5 heteroatoms. The number of aromatic amines is 1. The maximum Gasteiger partial charge on any atom is 0.137 e. The summed E-state index contributed by atoms with van der Waals surface area (Å²) in [7, 11) is 0. The number of hydrogen-bond donors (Lipinski definition) is 1. The fraction of sp³-hybridized carbons (Fsp3) is 0.611. The Bertz CT molecular complexity index is 651. The Morgan fingerprint density at radius 1 is 1.35 bits per heavy atom. The summed E-state index contributed by atoms with van der Waals surface area (Å²) in [5, 5.41) is 1.27. The largest absolute Gasteiger partial charge is 0.372 e. The van der Waals surface area contributed by atoms with Gasteiger partial charge in [0.1, 0.15) is 5.65 Å². The normalized spacial score (nSPS) is 25.6. The molecule has 0 saturated carbocycles. The van der Waals surface area contributed by atoms with Crippen LogP contribution >= 0.6 is 12.4 Å². The predicted molar refractivity (Wildman–Crippen MR) is 94.9 cm³/mol. The van der Waals surface area contributed by atoms with E-state index in [1.165, 1.54) is 42.6 Å². The van der Waals surface area contributed by atoms with Crippen molar-refractivity contribution < 1.29 is 4.74 Å². The first-order chi connectivity index (χ1) is 10.8. The molecule has 4 rings (SSSR count). The second-order valence-electron chi connectivity index (χ2n) is 6.90. The molecule has 2 aliphatic heterocycles. The van der Waals surface area contributed by atoms with Crippen molar-refractivity contribution in [1.82, 2.24) is 14.9 Å². The van der Waals surface area contributed by atoms with Crippen LogP contribution in [0.3, 0.4) is 0 Å². The standard InChI is InChI=1S/C18H25N3O.ClH/c1-13-5-3-9-21(11-13)12-15-14-6-2-8-19-18(14)20-17(15)16-7-4-10-22-16;/h2,6,8,13,16H,3-5,7,9-12H2,1H3,(H,19,20);1H/t13?,16-;/m1./s1. The van der Waals surface area contributed by atoms with E-state index in [4.69, 9.17) is 4.74 Å². The highest BCUT2D eigenvalue weighted by Gasteiger charge is 2.26. The van der Waals surface area contributed by atoms with Gasteiger partial charge in [-0.05, 0) is 55.8 Å². The molecule has 0 spiro atoms. The van der Waals surface area contributed by atoms with Crippen LogP contribution in [0.2, 0.25) is 0 Å². The molecule has 1 N–H and O–H groups in total. The van der Waals surface area contributed by atoms with Gasteiger partial charge in [-0.25, -0.2) is 4.98 Å². The molecule has 126 valence electrons. The van der Waals surface area contributed by atoms with Crippen LogP contribution in [0.4, 0.5) is 0 Å². The molecule has 23 heavy (non-hydrogen) atoms. The van der Waals surface area contributed by atoms with Gasteiger partial charge in [0.05, 0.1) is 11.8 Å². The van der Waals surface area contributed by atoms with Gasteiger partial charge in [0.2, 0.25) is 0 Å². The molecule has 0 radical (unpaired) electrons. The van der Waals surface area contributed by atoms with E-state index in [2.05, 4.69) is 27.9 Å². The Balaban J connectivity index is 0.00000156. The van der Waals surface area contributed by atoms with Gasteiger partial charge in [0.15, 0.2) is 0 Å². The fourth-order valence-corrected chi connectivity index (χ4v) is 4.00. The fourth-order valence-electron chi connectivity index (χ4n) is 4.00. The van der Waals surface area contributed by atoms with Gasteiger partial charge in [-0.3, -0.25) is 4.90 Å². The minimum absolute atomic E-state index is 0. The highest BCUT2D eigenvalue weighted by molar-refractivity contribution is 5.85. The minimum atomic E-state index is 0. The molecule has 2 fully saturated rings. The van der Waals surface area contributed by atoms with Crippen molar-refractivity contribution in [2.24, 2.45) is 5.92 Å². The Hall–Kier alpha value is -1.10. The number of aromatic nitrogens is 2. The van der Waals surface area contributed by atoms with E-state index < -0.39 is 0 Å². The van der Waals surface area contributed by atoms with Gasteiger partial charge in [0, 0.05) is 31.3 Å². The van der Waals surface area contributed by atoms with Crippen LogP contribution in [0.25, 0.3) is 11.0 Å². The van der Waals surface area contributed by atoms with E-state index >= 15 is 0 Å². The zero-order chi connectivity index (χ0) is 14.9. The van der Waals surface area contributed by atoms with Crippen LogP contribution in [0.1, 0.15) is 50.0 Å². The van der Waals surface area contributed by atoms with Crippen molar-refractivity contribution in [3.63, 3.8) is 0 Å². The summed E-state index contributed by atoms with van der Waals surface area (Å²) in [6.07, 6.45) is 7.06. The van der Waals surface area contributed by atoms with E-state index in [-0.39, 0.29) is 18.5 Å². The summed E-state index contributed by atoms with van der Waals surface area (Å²) in [4.78, 5) is 10.7. The second-order valence-corrected chi connectivity index (χ2v) is 6.90. The smallest absolute Gasteiger partial charge is 0.137 e. The van der Waals surface area contributed by atoms with Gasteiger partial charge in [0.25, 0.3) is 0 Å². The summed E-state index contributed by atoms with van der Waals surface area (Å²) in [5.41, 5.74) is 3.68. The number of piperidine rings is 1. The zero-order valence-corrected chi connectivity index (χ0v) is 14.6. The monoisotopic (exact) mass is 335 g/mol. The summed E-state index contributed by atoms with van der Waals surface area (Å²) in [6.45, 7) is 6.68. The average molecular weight is 336 g/mol. The molecule has 2 atom stereocenters. The Morgan fingerprint density at radius 2 is 2.26 bits per heavy atom. The first-order valence-electron chi connectivity index (χ1n) is 8.60. The number of likely N-dealkylation sites (tertiary alicyclic amines) is 1. The number of pyridine rings is 1. The minimum Gasteiger partial charge on any atom is -0.372 e. The lowest BCUT2D eigenvalue weighted by Crippen LogP contribution is -2.34. The SMILES string of the molecule is CC1CCCN(Cc2c([C@H]3CCCO3)[nH]c3ncccc23)C1.Cl. The van der Waals surface area contributed by atoms with E-state index in [0.717, 1.165) is 37.6 Å². The Morgan fingerprint density at radius 3 is 3.04 bits per heavy atom. The molecule has 0 bridgehead atoms. The van der Waals surface area contributed by atoms with E-state index in [0.29, 0.717) is 0 Å². The number of H-pyrrole nitrogens is 1. The quantitative estimate of drug-likeness (QED) is 0.919. The first-order valence-corrected chi connectivity index (χ1v) is 8.60. The second kappa shape index (κ2) is 7.20. The zero-order valence-electron chi connectivity index (χ0n) is 13.8. The van der Waals surface area contributed by atoms with Gasteiger partial charge in [-0.1, -0.05) is 6.92 Å². The van der Waals surface area contributed by atoms with Crippen molar-refractivity contribution >= 4 is 23.4 Å². The third-order valence-electron chi connectivity index (χ3n) is 5.09. The van der Waals surface area contributed by atoms with Gasteiger partial charge in [-0.2, -0.15) is 0 Å².